The van der Waals surface area contributed by atoms with E-state index >= 15 is 0 Å². The summed E-state index contributed by atoms with van der Waals surface area (Å²) >= 11 is 0. The first-order chi connectivity index (χ1) is 14.2. The normalized spacial score (nSPS) is 11.5. The fourth-order valence-electron chi connectivity index (χ4n) is 3.05. The summed E-state index contributed by atoms with van der Waals surface area (Å²) in [5.41, 5.74) is 2.62. The Labute approximate surface area is 202 Å². The van der Waals surface area contributed by atoms with Gasteiger partial charge in [0.2, 0.25) is 0 Å². The Morgan fingerprint density at radius 2 is 1.77 bits per heavy atom. The molecule has 2 rings (SSSR count). The third-order valence-corrected chi connectivity index (χ3v) is 4.89. The maximum Gasteiger partial charge on any atom is 0.253 e. The molecule has 0 saturated heterocycles. The van der Waals surface area contributed by atoms with Crippen LogP contribution in [-0.4, -0.2) is 50.5 Å². The predicted octanol–water partition coefficient (Wildman–Crippen LogP) is 4.22. The van der Waals surface area contributed by atoms with Crippen LogP contribution in [-0.2, 0) is 11.8 Å². The molecule has 0 atom stereocenters. The van der Waals surface area contributed by atoms with Crippen LogP contribution in [0.3, 0.4) is 0 Å². The van der Waals surface area contributed by atoms with Gasteiger partial charge < -0.3 is 15.5 Å². The Bertz CT molecular complexity index is 866. The number of hydrogen-bond acceptors (Lipinski definition) is 2. The molecule has 2 N–H and O–H groups in total. The lowest BCUT2D eigenvalue weighted by Gasteiger charge is -2.24. The standard InChI is InChI=1S/C24H33FN4O.HI/c1-6-26-23(28-17-24(2,3)20-10-12-21(25)13-11-20)27-15-14-18-8-7-9-19(16-18)22(30)29(4)5;/h7-13,16H,6,14-15,17H2,1-5H3,(H2,26,27,28);1H. The average Bonchev–Trinajstić information content (AvgIpc) is 2.72. The van der Waals surface area contributed by atoms with E-state index < -0.39 is 0 Å². The van der Waals surface area contributed by atoms with Crippen LogP contribution in [0.2, 0.25) is 0 Å². The number of hydrogen-bond donors (Lipinski definition) is 2. The molecule has 0 bridgehead atoms. The summed E-state index contributed by atoms with van der Waals surface area (Å²) in [5, 5.41) is 6.62. The molecule has 1 amide bonds. The molecular weight excluding hydrogens is 506 g/mol. The van der Waals surface area contributed by atoms with Gasteiger partial charge in [-0.15, -0.1) is 24.0 Å². The van der Waals surface area contributed by atoms with Crippen molar-refractivity contribution in [2.75, 3.05) is 33.7 Å². The Kier molecular flexibility index (Phi) is 11.0. The summed E-state index contributed by atoms with van der Waals surface area (Å²) in [5.74, 6) is 0.514. The minimum Gasteiger partial charge on any atom is -0.357 e. The third kappa shape index (κ3) is 8.47. The summed E-state index contributed by atoms with van der Waals surface area (Å²) in [7, 11) is 3.51. The van der Waals surface area contributed by atoms with Crippen molar-refractivity contribution in [3.8, 4) is 0 Å². The smallest absolute Gasteiger partial charge is 0.253 e. The second kappa shape index (κ2) is 12.6. The van der Waals surface area contributed by atoms with Gasteiger partial charge in [-0.3, -0.25) is 9.79 Å². The number of amides is 1. The van der Waals surface area contributed by atoms with Crippen LogP contribution in [0.4, 0.5) is 4.39 Å². The van der Waals surface area contributed by atoms with Crippen molar-refractivity contribution >= 4 is 35.8 Å². The Hall–Kier alpha value is -2.16. The van der Waals surface area contributed by atoms with Gasteiger partial charge in [-0.25, -0.2) is 4.39 Å². The molecule has 2 aromatic carbocycles. The van der Waals surface area contributed by atoms with Gasteiger partial charge in [0.05, 0.1) is 6.54 Å². The number of guanidine groups is 1. The minimum absolute atomic E-state index is 0. The average molecular weight is 540 g/mol. The van der Waals surface area contributed by atoms with Gasteiger partial charge in [0, 0.05) is 38.2 Å². The van der Waals surface area contributed by atoms with E-state index in [9.17, 15) is 9.18 Å². The van der Waals surface area contributed by atoms with Gasteiger partial charge in [0.1, 0.15) is 5.82 Å². The number of carbonyl (C=O) groups excluding carboxylic acids is 1. The number of halogens is 2. The number of benzene rings is 2. The van der Waals surface area contributed by atoms with Crippen molar-refractivity contribution in [1.29, 1.82) is 0 Å². The minimum atomic E-state index is -0.232. The summed E-state index contributed by atoms with van der Waals surface area (Å²) in [4.78, 5) is 18.4. The second-order valence-corrected chi connectivity index (χ2v) is 8.16. The Morgan fingerprint density at radius 1 is 1.10 bits per heavy atom. The summed E-state index contributed by atoms with van der Waals surface area (Å²) in [6.45, 7) is 8.25. The highest BCUT2D eigenvalue weighted by Crippen LogP contribution is 2.23. The van der Waals surface area contributed by atoms with E-state index in [0.29, 0.717) is 18.7 Å². The first-order valence-electron chi connectivity index (χ1n) is 10.3. The molecule has 2 aromatic rings. The van der Waals surface area contributed by atoms with Crippen molar-refractivity contribution < 1.29 is 9.18 Å². The zero-order valence-electron chi connectivity index (χ0n) is 19.0. The molecule has 0 unspecified atom stereocenters. The highest BCUT2D eigenvalue weighted by atomic mass is 127. The summed E-state index contributed by atoms with van der Waals surface area (Å²) in [6, 6.07) is 14.3. The number of carbonyl (C=O) groups is 1. The van der Waals surface area contributed by atoms with Crippen molar-refractivity contribution in [3.63, 3.8) is 0 Å². The summed E-state index contributed by atoms with van der Waals surface area (Å²) < 4.78 is 13.2. The monoisotopic (exact) mass is 540 g/mol. The highest BCUT2D eigenvalue weighted by molar-refractivity contribution is 14.0. The predicted molar refractivity (Wildman–Crippen MR) is 137 cm³/mol. The van der Waals surface area contributed by atoms with Crippen molar-refractivity contribution in [2.24, 2.45) is 4.99 Å². The van der Waals surface area contributed by atoms with Gasteiger partial charge in [-0.1, -0.05) is 38.1 Å². The maximum absolute atomic E-state index is 13.2. The lowest BCUT2D eigenvalue weighted by atomic mass is 9.85. The largest absolute Gasteiger partial charge is 0.357 e. The lowest BCUT2D eigenvalue weighted by Crippen LogP contribution is -2.39. The van der Waals surface area contributed by atoms with E-state index in [1.807, 2.05) is 43.3 Å². The van der Waals surface area contributed by atoms with Gasteiger partial charge >= 0.3 is 0 Å². The fourth-order valence-corrected chi connectivity index (χ4v) is 3.05. The third-order valence-electron chi connectivity index (χ3n) is 4.89. The molecule has 7 heteroatoms. The van der Waals surface area contributed by atoms with Crippen molar-refractivity contribution in [2.45, 2.75) is 32.6 Å². The number of nitrogens with one attached hydrogen (secondary N) is 2. The van der Waals surface area contributed by atoms with Crippen LogP contribution >= 0.6 is 24.0 Å². The molecule has 0 aliphatic heterocycles. The van der Waals surface area contributed by atoms with Gasteiger partial charge in [-0.05, 0) is 48.7 Å². The van der Waals surface area contributed by atoms with Crippen LogP contribution in [0.15, 0.2) is 53.5 Å². The molecule has 0 heterocycles. The first kappa shape index (κ1) is 26.9. The van der Waals surface area contributed by atoms with E-state index in [1.165, 1.54) is 12.1 Å². The van der Waals surface area contributed by atoms with E-state index in [4.69, 9.17) is 4.99 Å². The number of nitrogens with zero attached hydrogens (tertiary/aromatic N) is 2. The lowest BCUT2D eigenvalue weighted by molar-refractivity contribution is 0.0827. The van der Waals surface area contributed by atoms with E-state index in [1.54, 1.807) is 19.0 Å². The van der Waals surface area contributed by atoms with Crippen LogP contribution in [0.25, 0.3) is 0 Å². The van der Waals surface area contributed by atoms with E-state index in [2.05, 4.69) is 24.5 Å². The van der Waals surface area contributed by atoms with Crippen LogP contribution in [0.1, 0.15) is 42.3 Å². The van der Waals surface area contributed by atoms with E-state index in [-0.39, 0.29) is 41.1 Å². The SMILES string of the molecule is CCNC(=NCC(C)(C)c1ccc(F)cc1)NCCc1cccc(C(=O)N(C)C)c1.I. The molecule has 31 heavy (non-hydrogen) atoms. The molecule has 170 valence electrons. The van der Waals surface area contributed by atoms with Gasteiger partial charge in [-0.2, -0.15) is 0 Å². The van der Waals surface area contributed by atoms with Crippen LogP contribution in [0.5, 0.6) is 0 Å². The quantitative estimate of drug-likeness (QED) is 0.300. The Morgan fingerprint density at radius 3 is 2.39 bits per heavy atom. The van der Waals surface area contributed by atoms with Crippen molar-refractivity contribution in [3.05, 3.63) is 71.0 Å². The number of aliphatic imine (C=N–C) groups is 1. The fraction of sp³-hybridized carbons (Fsp3) is 0.417. The molecule has 0 saturated carbocycles. The molecule has 0 spiro atoms. The molecule has 0 aromatic heterocycles. The van der Waals surface area contributed by atoms with E-state index in [0.717, 1.165) is 30.1 Å². The van der Waals surface area contributed by atoms with Crippen molar-refractivity contribution in [1.82, 2.24) is 15.5 Å². The maximum atomic E-state index is 13.2. The second-order valence-electron chi connectivity index (χ2n) is 8.16. The van der Waals surface area contributed by atoms with Gasteiger partial charge in [0.15, 0.2) is 5.96 Å². The Balaban J connectivity index is 0.00000480. The molecule has 0 aliphatic rings. The topological polar surface area (TPSA) is 56.7 Å². The van der Waals surface area contributed by atoms with Crippen LogP contribution in [0, 0.1) is 5.82 Å². The molecular formula is C24H34FIN4O. The zero-order valence-corrected chi connectivity index (χ0v) is 21.4. The number of rotatable bonds is 8. The molecule has 5 nitrogen and oxygen atoms in total. The van der Waals surface area contributed by atoms with Gasteiger partial charge in [0.25, 0.3) is 5.91 Å². The zero-order chi connectivity index (χ0) is 22.1. The highest BCUT2D eigenvalue weighted by Gasteiger charge is 2.20. The molecule has 0 aliphatic carbocycles. The molecule has 0 fully saturated rings. The summed E-state index contributed by atoms with van der Waals surface area (Å²) in [6.07, 6.45) is 0.778. The first-order valence-corrected chi connectivity index (χ1v) is 10.3. The van der Waals surface area contributed by atoms with Crippen LogP contribution < -0.4 is 10.6 Å². The molecule has 0 radical (unpaired) electrons.